The zero-order valence-electron chi connectivity index (χ0n) is 12.5. The molecular weight excluding hydrogens is 252 g/mol. The summed E-state index contributed by atoms with van der Waals surface area (Å²) in [7, 11) is 0. The zero-order chi connectivity index (χ0) is 14.9. The van der Waals surface area contributed by atoms with Crippen molar-refractivity contribution in [2.24, 2.45) is 0 Å². The highest BCUT2D eigenvalue weighted by Gasteiger charge is 2.20. The molecule has 0 bridgehead atoms. The van der Waals surface area contributed by atoms with Gasteiger partial charge in [-0.3, -0.25) is 9.78 Å². The lowest BCUT2D eigenvalue weighted by Crippen LogP contribution is -2.28. The summed E-state index contributed by atoms with van der Waals surface area (Å²) in [5.74, 6) is 0.358. The lowest BCUT2D eigenvalue weighted by Gasteiger charge is -2.16. The quantitative estimate of drug-likeness (QED) is 0.882. The normalized spacial score (nSPS) is 11.4. The Bertz CT molecular complexity index is 683. The number of aromatic amines is 1. The van der Waals surface area contributed by atoms with Crippen LogP contribution in [0.2, 0.25) is 0 Å². The lowest BCUT2D eigenvalue weighted by molar-refractivity contribution is 0.547. The first-order valence-corrected chi connectivity index (χ1v) is 6.59. The molecule has 0 aliphatic rings. The predicted molar refractivity (Wildman–Crippen MR) is 80.6 cm³/mol. The first-order chi connectivity index (χ1) is 9.27. The largest absolute Gasteiger partial charge is 0.324 e. The van der Waals surface area contributed by atoms with Crippen LogP contribution in [0.15, 0.2) is 23.0 Å². The molecule has 2 rings (SSSR count). The van der Waals surface area contributed by atoms with E-state index in [0.717, 1.165) is 16.8 Å². The molecule has 0 amide bonds. The fourth-order valence-electron chi connectivity index (χ4n) is 1.88. The Hall–Kier alpha value is -2.17. The van der Waals surface area contributed by atoms with E-state index in [1.54, 1.807) is 0 Å². The summed E-state index contributed by atoms with van der Waals surface area (Å²) >= 11 is 0. The molecule has 1 aromatic heterocycles. The Morgan fingerprint density at radius 3 is 2.45 bits per heavy atom. The minimum atomic E-state index is -0.321. The van der Waals surface area contributed by atoms with Gasteiger partial charge >= 0.3 is 0 Å². The highest BCUT2D eigenvalue weighted by molar-refractivity contribution is 5.58. The Balaban J connectivity index is 2.34. The fourth-order valence-corrected chi connectivity index (χ4v) is 1.88. The van der Waals surface area contributed by atoms with Crippen molar-refractivity contribution in [1.29, 1.82) is 0 Å². The molecule has 0 aliphatic heterocycles. The maximum Gasteiger partial charge on any atom is 0.274 e. The van der Waals surface area contributed by atoms with Crippen molar-refractivity contribution in [2.75, 3.05) is 5.32 Å². The molecule has 5 nitrogen and oxygen atoms in total. The van der Waals surface area contributed by atoms with Crippen molar-refractivity contribution < 1.29 is 0 Å². The van der Waals surface area contributed by atoms with E-state index < -0.39 is 0 Å². The van der Waals surface area contributed by atoms with Crippen LogP contribution >= 0.6 is 0 Å². The van der Waals surface area contributed by atoms with Crippen LogP contribution in [0, 0.1) is 13.8 Å². The average molecular weight is 272 g/mol. The molecule has 0 atom stereocenters. The first kappa shape index (κ1) is 14.2. The number of aryl methyl sites for hydroxylation is 2. The third-order valence-corrected chi connectivity index (χ3v) is 3.05. The summed E-state index contributed by atoms with van der Waals surface area (Å²) in [6.45, 7) is 9.82. The van der Waals surface area contributed by atoms with Crippen LogP contribution in [0.25, 0.3) is 0 Å². The number of benzene rings is 1. The van der Waals surface area contributed by atoms with Gasteiger partial charge in [-0.2, -0.15) is 0 Å². The molecule has 1 aromatic carbocycles. The molecule has 0 saturated heterocycles. The first-order valence-electron chi connectivity index (χ1n) is 6.59. The van der Waals surface area contributed by atoms with E-state index in [-0.39, 0.29) is 11.0 Å². The van der Waals surface area contributed by atoms with Gasteiger partial charge in [0.15, 0.2) is 0 Å². The van der Waals surface area contributed by atoms with Gasteiger partial charge in [0, 0.05) is 11.1 Å². The van der Waals surface area contributed by atoms with Crippen molar-refractivity contribution in [2.45, 2.75) is 40.0 Å². The molecular formula is C15H20N4O. The van der Waals surface area contributed by atoms with Crippen LogP contribution in [-0.4, -0.2) is 15.2 Å². The Morgan fingerprint density at radius 2 is 1.85 bits per heavy atom. The van der Waals surface area contributed by atoms with Gasteiger partial charge < -0.3 is 5.32 Å². The van der Waals surface area contributed by atoms with Crippen LogP contribution in [0.4, 0.5) is 11.6 Å². The molecule has 0 saturated carbocycles. The van der Waals surface area contributed by atoms with Crippen molar-refractivity contribution in [3.63, 3.8) is 0 Å². The number of hydrogen-bond acceptors (Lipinski definition) is 4. The molecule has 20 heavy (non-hydrogen) atoms. The van der Waals surface area contributed by atoms with Crippen LogP contribution in [0.5, 0.6) is 0 Å². The maximum atomic E-state index is 12.0. The molecule has 0 fully saturated rings. The average Bonchev–Trinajstić information content (AvgIpc) is 2.32. The topological polar surface area (TPSA) is 70.7 Å². The molecule has 0 radical (unpaired) electrons. The summed E-state index contributed by atoms with van der Waals surface area (Å²) in [5, 5.41) is 11.2. The second-order valence-corrected chi connectivity index (χ2v) is 6.04. The smallest absolute Gasteiger partial charge is 0.274 e. The van der Waals surface area contributed by atoms with Gasteiger partial charge in [-0.1, -0.05) is 32.9 Å². The van der Waals surface area contributed by atoms with Gasteiger partial charge in [0.25, 0.3) is 5.56 Å². The van der Waals surface area contributed by atoms with Gasteiger partial charge in [0.2, 0.25) is 5.95 Å². The molecule has 2 aromatic rings. The Kier molecular flexibility index (Phi) is 3.61. The van der Waals surface area contributed by atoms with E-state index in [4.69, 9.17) is 0 Å². The van der Waals surface area contributed by atoms with E-state index in [0.29, 0.717) is 11.6 Å². The van der Waals surface area contributed by atoms with Crippen molar-refractivity contribution in [3.05, 3.63) is 45.4 Å². The van der Waals surface area contributed by atoms with Crippen molar-refractivity contribution in [3.8, 4) is 0 Å². The van der Waals surface area contributed by atoms with Gasteiger partial charge in [-0.05, 0) is 31.0 Å². The molecule has 1 heterocycles. The minimum absolute atomic E-state index is 0.208. The standard InChI is InChI=1S/C15H20N4O/c1-9-6-7-10(2)11(8-9)16-14-17-13(20)12(18-19-14)15(3,4)5/h6-8H,1-5H3,(H2,16,17,19,20). The SMILES string of the molecule is Cc1ccc(C)c(Nc2nnc(C(C)(C)C)c(=O)[nH]2)c1. The van der Waals surface area contributed by atoms with E-state index >= 15 is 0 Å². The van der Waals surface area contributed by atoms with Crippen molar-refractivity contribution >= 4 is 11.6 Å². The summed E-state index contributed by atoms with van der Waals surface area (Å²) in [4.78, 5) is 14.8. The van der Waals surface area contributed by atoms with E-state index in [1.807, 2.05) is 52.8 Å². The maximum absolute atomic E-state index is 12.0. The molecule has 2 N–H and O–H groups in total. The number of hydrogen-bond donors (Lipinski definition) is 2. The molecule has 106 valence electrons. The highest BCUT2D eigenvalue weighted by atomic mass is 16.1. The van der Waals surface area contributed by atoms with Gasteiger partial charge in [-0.15, -0.1) is 10.2 Å². The third kappa shape index (κ3) is 3.04. The van der Waals surface area contributed by atoms with Crippen LogP contribution in [0.3, 0.4) is 0 Å². The van der Waals surface area contributed by atoms with Gasteiger partial charge in [-0.25, -0.2) is 0 Å². The predicted octanol–water partition coefficient (Wildman–Crippen LogP) is 2.82. The zero-order valence-corrected chi connectivity index (χ0v) is 12.5. The monoisotopic (exact) mass is 272 g/mol. The number of H-pyrrole nitrogens is 1. The number of nitrogens with one attached hydrogen (secondary N) is 2. The summed E-state index contributed by atoms with van der Waals surface area (Å²) < 4.78 is 0. The number of aromatic nitrogens is 3. The summed E-state index contributed by atoms with van der Waals surface area (Å²) in [6, 6.07) is 6.07. The third-order valence-electron chi connectivity index (χ3n) is 3.05. The van der Waals surface area contributed by atoms with E-state index in [1.165, 1.54) is 0 Å². The minimum Gasteiger partial charge on any atom is -0.324 e. The van der Waals surface area contributed by atoms with Crippen LogP contribution < -0.4 is 10.9 Å². The van der Waals surface area contributed by atoms with E-state index in [9.17, 15) is 4.79 Å². The summed E-state index contributed by atoms with van der Waals surface area (Å²) in [6.07, 6.45) is 0. The second-order valence-electron chi connectivity index (χ2n) is 6.04. The fraction of sp³-hybridized carbons (Fsp3) is 0.400. The van der Waals surface area contributed by atoms with Gasteiger partial charge in [0.1, 0.15) is 5.69 Å². The highest BCUT2D eigenvalue weighted by Crippen LogP contribution is 2.20. The van der Waals surface area contributed by atoms with Crippen molar-refractivity contribution in [1.82, 2.24) is 15.2 Å². The van der Waals surface area contributed by atoms with Crippen LogP contribution in [0.1, 0.15) is 37.6 Å². The Morgan fingerprint density at radius 1 is 1.15 bits per heavy atom. The molecule has 0 aliphatic carbocycles. The molecule has 0 spiro atoms. The number of anilines is 2. The lowest BCUT2D eigenvalue weighted by atomic mass is 9.93. The molecule has 0 unspecified atom stereocenters. The number of nitrogens with zero attached hydrogens (tertiary/aromatic N) is 2. The Labute approximate surface area is 118 Å². The molecule has 5 heteroatoms. The van der Waals surface area contributed by atoms with Crippen LogP contribution in [-0.2, 0) is 5.41 Å². The summed E-state index contributed by atoms with van der Waals surface area (Å²) in [5.41, 5.74) is 3.04. The number of rotatable bonds is 2. The van der Waals surface area contributed by atoms with E-state index in [2.05, 4.69) is 20.5 Å². The van der Waals surface area contributed by atoms with Gasteiger partial charge in [0.05, 0.1) is 0 Å². The second kappa shape index (κ2) is 5.07.